The van der Waals surface area contributed by atoms with Gasteiger partial charge in [-0.3, -0.25) is 19.3 Å². The number of ketones is 1. The van der Waals surface area contributed by atoms with Crippen LogP contribution in [0.15, 0.2) is 87.7 Å². The lowest BCUT2D eigenvalue weighted by Crippen LogP contribution is -2.30. The van der Waals surface area contributed by atoms with Crippen molar-refractivity contribution in [2.75, 3.05) is 4.90 Å². The van der Waals surface area contributed by atoms with Crippen LogP contribution in [0.2, 0.25) is 5.02 Å². The monoisotopic (exact) mass is 588 g/mol. The van der Waals surface area contributed by atoms with Gasteiger partial charge in [0.05, 0.1) is 16.5 Å². The van der Waals surface area contributed by atoms with E-state index in [1.807, 2.05) is 4.72 Å². The van der Waals surface area contributed by atoms with Crippen molar-refractivity contribution in [2.45, 2.75) is 17.9 Å². The Bertz CT molecular complexity index is 1500. The third-order valence-corrected chi connectivity index (χ3v) is 7.68. The number of amides is 2. The molecule has 3 aromatic rings. The van der Waals surface area contributed by atoms with Crippen LogP contribution in [-0.2, 0) is 24.4 Å². The molecule has 8 nitrogen and oxygen atoms in total. The lowest BCUT2D eigenvalue weighted by molar-refractivity contribution is -0.132. The molecule has 2 amide bonds. The molecular weight excluding hydrogens is 572 g/mol. The summed E-state index contributed by atoms with van der Waals surface area (Å²) in [6, 6.07) is 17.2. The molecule has 1 fully saturated rings. The summed E-state index contributed by atoms with van der Waals surface area (Å²) in [6.07, 6.45) is 0. The molecule has 0 unspecified atom stereocenters. The van der Waals surface area contributed by atoms with Crippen LogP contribution in [-0.4, -0.2) is 31.1 Å². The molecule has 0 bridgehead atoms. The fourth-order valence-corrected chi connectivity index (χ4v) is 5.24. The van der Waals surface area contributed by atoms with Gasteiger partial charge < -0.3 is 5.11 Å². The van der Waals surface area contributed by atoms with E-state index in [4.69, 9.17) is 11.6 Å². The topological polar surface area (TPSA) is 121 Å². The smallest absolute Gasteiger partial charge is 0.300 e. The molecule has 184 valence electrons. The zero-order valence-electron chi connectivity index (χ0n) is 18.6. The number of nitrogens with one attached hydrogen (secondary N) is 1. The van der Waals surface area contributed by atoms with E-state index in [0.29, 0.717) is 16.1 Å². The van der Waals surface area contributed by atoms with Gasteiger partial charge in [-0.2, -0.15) is 0 Å². The van der Waals surface area contributed by atoms with Crippen LogP contribution in [0.3, 0.4) is 0 Å². The zero-order chi connectivity index (χ0) is 26.2. The van der Waals surface area contributed by atoms with Gasteiger partial charge in [-0.05, 0) is 54.1 Å². The summed E-state index contributed by atoms with van der Waals surface area (Å²) in [5.41, 5.74) is 0.937. The first-order valence-corrected chi connectivity index (χ1v) is 13.1. The van der Waals surface area contributed by atoms with Crippen LogP contribution in [0.4, 0.5) is 5.69 Å². The minimum absolute atomic E-state index is 0.125. The summed E-state index contributed by atoms with van der Waals surface area (Å²) in [6.45, 7) is 1.07. The van der Waals surface area contributed by atoms with Gasteiger partial charge in [-0.1, -0.05) is 51.8 Å². The predicted molar refractivity (Wildman–Crippen MR) is 138 cm³/mol. The maximum atomic E-state index is 13.2. The Balaban J connectivity index is 1.86. The standard InChI is InChI=1S/C25H18BrClN2O6S/c1-14(30)28-36(34,35)20-12-10-19(11-13-20)29-22(15-4-8-18(27)9-5-15)21(24(32)25(29)33)23(31)16-2-6-17(26)7-3-16/h2-13,22,31H,1H3,(H,28,30)/t22-/m0/s1. The molecule has 0 radical (unpaired) electrons. The van der Waals surface area contributed by atoms with Crippen molar-refractivity contribution in [1.29, 1.82) is 0 Å². The van der Waals surface area contributed by atoms with E-state index >= 15 is 0 Å². The van der Waals surface area contributed by atoms with Gasteiger partial charge in [0.2, 0.25) is 5.91 Å². The van der Waals surface area contributed by atoms with Crippen LogP contribution < -0.4 is 9.62 Å². The third kappa shape index (κ3) is 4.92. The molecule has 1 heterocycles. The van der Waals surface area contributed by atoms with E-state index in [-0.39, 0.29) is 21.9 Å². The highest BCUT2D eigenvalue weighted by atomic mass is 79.9. The summed E-state index contributed by atoms with van der Waals surface area (Å²) in [7, 11) is -4.10. The second-order valence-electron chi connectivity index (χ2n) is 7.88. The number of carbonyl (C=O) groups excluding carboxylic acids is 3. The van der Waals surface area contributed by atoms with Crippen molar-refractivity contribution >= 4 is 66.6 Å². The van der Waals surface area contributed by atoms with Crippen LogP contribution in [0.1, 0.15) is 24.1 Å². The average molecular weight is 590 g/mol. The zero-order valence-corrected chi connectivity index (χ0v) is 21.8. The van der Waals surface area contributed by atoms with E-state index in [1.54, 1.807) is 48.5 Å². The largest absolute Gasteiger partial charge is 0.507 e. The summed E-state index contributed by atoms with van der Waals surface area (Å²) >= 11 is 9.36. The molecule has 3 aromatic carbocycles. The Morgan fingerprint density at radius 2 is 1.56 bits per heavy atom. The highest BCUT2D eigenvalue weighted by molar-refractivity contribution is 9.10. The lowest BCUT2D eigenvalue weighted by Gasteiger charge is -2.25. The Hall–Kier alpha value is -3.47. The fraction of sp³-hybridized carbons (Fsp3) is 0.0800. The number of anilines is 1. The Labute approximate surface area is 220 Å². The third-order valence-electron chi connectivity index (χ3n) is 5.45. The van der Waals surface area contributed by atoms with E-state index < -0.39 is 33.7 Å². The molecule has 2 N–H and O–H groups in total. The number of aliphatic hydroxyl groups excluding tert-OH is 1. The molecule has 1 atom stereocenters. The number of hydrogen-bond acceptors (Lipinski definition) is 6. The first kappa shape index (κ1) is 25.6. The highest BCUT2D eigenvalue weighted by Gasteiger charge is 2.47. The number of benzene rings is 3. The van der Waals surface area contributed by atoms with Crippen LogP contribution in [0.5, 0.6) is 0 Å². The fourth-order valence-electron chi connectivity index (χ4n) is 3.86. The maximum absolute atomic E-state index is 13.2. The van der Waals surface area contributed by atoms with Gasteiger partial charge in [-0.25, -0.2) is 13.1 Å². The van der Waals surface area contributed by atoms with E-state index in [9.17, 15) is 27.9 Å². The van der Waals surface area contributed by atoms with Crippen LogP contribution in [0.25, 0.3) is 5.76 Å². The van der Waals surface area contributed by atoms with Gasteiger partial charge in [0.15, 0.2) is 0 Å². The van der Waals surface area contributed by atoms with Gasteiger partial charge >= 0.3 is 0 Å². The minimum atomic E-state index is -4.10. The Morgan fingerprint density at radius 1 is 0.972 bits per heavy atom. The molecule has 0 aromatic heterocycles. The molecule has 1 aliphatic rings. The van der Waals surface area contributed by atoms with Gasteiger partial charge in [0.1, 0.15) is 5.76 Å². The molecule has 1 aliphatic heterocycles. The Morgan fingerprint density at radius 3 is 2.11 bits per heavy atom. The number of sulfonamides is 1. The quantitative estimate of drug-likeness (QED) is 0.256. The van der Waals surface area contributed by atoms with E-state index in [2.05, 4.69) is 15.9 Å². The summed E-state index contributed by atoms with van der Waals surface area (Å²) in [5, 5.41) is 11.5. The molecular formula is C25H18BrClN2O6S. The molecule has 36 heavy (non-hydrogen) atoms. The number of halogens is 2. The predicted octanol–water partition coefficient (Wildman–Crippen LogP) is 4.55. The number of carbonyl (C=O) groups is 3. The summed E-state index contributed by atoms with van der Waals surface area (Å²) in [4.78, 5) is 38.6. The van der Waals surface area contributed by atoms with E-state index in [0.717, 1.165) is 11.4 Å². The van der Waals surface area contributed by atoms with Gasteiger partial charge in [-0.15, -0.1) is 0 Å². The first-order chi connectivity index (χ1) is 17.0. The Kier molecular flexibility index (Phi) is 7.03. The van der Waals surface area contributed by atoms with Gasteiger partial charge in [0.25, 0.3) is 21.7 Å². The molecule has 0 aliphatic carbocycles. The molecule has 0 saturated carbocycles. The van der Waals surface area contributed by atoms with Crippen molar-refractivity contribution in [2.24, 2.45) is 0 Å². The molecule has 1 saturated heterocycles. The minimum Gasteiger partial charge on any atom is -0.507 e. The van der Waals surface area contributed by atoms with Crippen molar-refractivity contribution in [3.63, 3.8) is 0 Å². The summed E-state index contributed by atoms with van der Waals surface area (Å²) < 4.78 is 27.3. The van der Waals surface area contributed by atoms with Gasteiger partial charge in [0, 0.05) is 27.7 Å². The molecule has 0 spiro atoms. The number of aliphatic hydroxyl groups is 1. The SMILES string of the molecule is CC(=O)NS(=O)(=O)c1ccc(N2C(=O)C(=O)C(=C(O)c3ccc(Br)cc3)[C@@H]2c2ccc(Cl)cc2)cc1. The maximum Gasteiger partial charge on any atom is 0.300 e. The van der Waals surface area contributed by atoms with Crippen molar-refractivity contribution in [3.05, 3.63) is 99.0 Å². The van der Waals surface area contributed by atoms with Crippen molar-refractivity contribution in [1.82, 2.24) is 4.72 Å². The highest BCUT2D eigenvalue weighted by Crippen LogP contribution is 2.42. The molecule has 11 heteroatoms. The number of hydrogen-bond donors (Lipinski definition) is 2. The van der Waals surface area contributed by atoms with Crippen LogP contribution in [0, 0.1) is 0 Å². The molecule has 4 rings (SSSR count). The van der Waals surface area contributed by atoms with Crippen molar-refractivity contribution in [3.8, 4) is 0 Å². The first-order valence-electron chi connectivity index (χ1n) is 10.5. The van der Waals surface area contributed by atoms with Crippen LogP contribution >= 0.6 is 27.5 Å². The normalized spacial score (nSPS) is 17.3. The second-order valence-corrected chi connectivity index (χ2v) is 10.9. The number of nitrogens with zero attached hydrogens (tertiary/aromatic N) is 1. The summed E-state index contributed by atoms with van der Waals surface area (Å²) in [5.74, 6) is -2.90. The average Bonchev–Trinajstić information content (AvgIpc) is 3.09. The van der Waals surface area contributed by atoms with Crippen molar-refractivity contribution < 1.29 is 27.9 Å². The second kappa shape index (κ2) is 9.88. The van der Waals surface area contributed by atoms with E-state index in [1.165, 1.54) is 29.2 Å². The lowest BCUT2D eigenvalue weighted by atomic mass is 9.95. The number of rotatable bonds is 5. The number of Topliss-reactive ketones (excluding diaryl/α,β-unsaturated/α-hetero) is 1.